The van der Waals surface area contributed by atoms with Crippen LogP contribution in [0.5, 0.6) is 0 Å². The van der Waals surface area contributed by atoms with Gasteiger partial charge in [0.2, 0.25) is 11.2 Å². The van der Waals surface area contributed by atoms with E-state index in [0.717, 1.165) is 5.69 Å². The Hall–Kier alpha value is -1.85. The minimum absolute atomic E-state index is 0.0598. The Labute approximate surface area is 112 Å². The molecule has 3 aromatic rings. The van der Waals surface area contributed by atoms with Crippen LogP contribution in [0.3, 0.4) is 0 Å². The van der Waals surface area contributed by atoms with E-state index in [2.05, 4.69) is 15.0 Å². The second-order valence-electron chi connectivity index (χ2n) is 3.60. The first-order chi connectivity index (χ1) is 8.66. The molecule has 1 aromatic carbocycles. The number of hydrogen-bond acceptors (Lipinski definition) is 4. The minimum Gasteiger partial charge on any atom is -0.369 e. The van der Waals surface area contributed by atoms with E-state index in [9.17, 15) is 0 Å². The molecule has 0 radical (unpaired) electrons. The predicted molar refractivity (Wildman–Crippen MR) is 71.1 cm³/mol. The lowest BCUT2D eigenvalue weighted by molar-refractivity contribution is 1.07. The van der Waals surface area contributed by atoms with E-state index in [1.54, 1.807) is 4.57 Å². The van der Waals surface area contributed by atoms with Crippen LogP contribution < -0.4 is 5.73 Å². The van der Waals surface area contributed by atoms with Gasteiger partial charge in [0.25, 0.3) is 0 Å². The lowest BCUT2D eigenvalue weighted by atomic mass is 10.3. The van der Waals surface area contributed by atoms with Gasteiger partial charge in [0.15, 0.2) is 10.8 Å². The third-order valence-corrected chi connectivity index (χ3v) is 2.91. The molecule has 0 atom stereocenters. The molecule has 0 bridgehead atoms. The fourth-order valence-corrected chi connectivity index (χ4v) is 2.16. The van der Waals surface area contributed by atoms with Crippen LogP contribution in [0.2, 0.25) is 10.4 Å². The monoisotopic (exact) mass is 279 g/mol. The van der Waals surface area contributed by atoms with Crippen molar-refractivity contribution in [2.45, 2.75) is 0 Å². The number of anilines is 1. The first kappa shape index (κ1) is 11.3. The number of nitrogens with two attached hydrogens (primary N) is 1. The van der Waals surface area contributed by atoms with Crippen LogP contribution in [0.4, 0.5) is 5.95 Å². The average molecular weight is 280 g/mol. The Morgan fingerprint density at radius 2 is 1.72 bits per heavy atom. The normalized spacial score (nSPS) is 11.0. The van der Waals surface area contributed by atoms with Crippen molar-refractivity contribution in [3.05, 3.63) is 40.8 Å². The number of nitrogen functional groups attached to an aromatic ring is 1. The highest BCUT2D eigenvalue weighted by Crippen LogP contribution is 2.26. The maximum absolute atomic E-state index is 5.97. The Bertz CT molecular complexity index is 723. The van der Waals surface area contributed by atoms with E-state index in [0.29, 0.717) is 11.2 Å². The van der Waals surface area contributed by atoms with Gasteiger partial charge in [-0.25, -0.2) is 9.97 Å². The van der Waals surface area contributed by atoms with Gasteiger partial charge in [-0.15, -0.1) is 0 Å². The second-order valence-corrected chi connectivity index (χ2v) is 4.29. The fraction of sp³-hybridized carbons (Fsp3) is 0. The van der Waals surface area contributed by atoms with Gasteiger partial charge in [-0.1, -0.05) is 29.8 Å². The van der Waals surface area contributed by atoms with Gasteiger partial charge < -0.3 is 5.73 Å². The van der Waals surface area contributed by atoms with Gasteiger partial charge in [-0.3, -0.25) is 4.57 Å². The quantitative estimate of drug-likeness (QED) is 0.549. The summed E-state index contributed by atoms with van der Waals surface area (Å²) in [7, 11) is 0. The number of halogens is 2. The van der Waals surface area contributed by atoms with Gasteiger partial charge >= 0.3 is 0 Å². The molecule has 0 saturated carbocycles. The smallest absolute Gasteiger partial charge is 0.225 e. The van der Waals surface area contributed by atoms with Crippen molar-refractivity contribution in [1.82, 2.24) is 19.5 Å². The molecular formula is C11H7Cl2N5. The predicted octanol–water partition coefficient (Wildman–Crippen LogP) is 2.70. The maximum Gasteiger partial charge on any atom is 0.225 e. The van der Waals surface area contributed by atoms with Crippen molar-refractivity contribution < 1.29 is 0 Å². The number of para-hydroxylation sites is 1. The van der Waals surface area contributed by atoms with Gasteiger partial charge in [-0.2, -0.15) is 4.98 Å². The molecule has 0 spiro atoms. The molecule has 2 N–H and O–H groups in total. The second kappa shape index (κ2) is 4.12. The van der Waals surface area contributed by atoms with E-state index < -0.39 is 0 Å². The van der Waals surface area contributed by atoms with Gasteiger partial charge in [-0.05, 0) is 23.7 Å². The standard InChI is InChI=1S/C11H7Cl2N5/c12-8-7-9(17-10(13)16-8)18(11(14)15-7)6-4-2-1-3-5-6/h1-5H,(H2,14,15). The number of aromatic nitrogens is 4. The average Bonchev–Trinajstić information content (AvgIpc) is 2.67. The molecule has 0 saturated heterocycles. The molecule has 7 heteroatoms. The largest absolute Gasteiger partial charge is 0.369 e. The SMILES string of the molecule is Nc1nc2c(Cl)nc(Cl)nc2n1-c1ccccc1. The summed E-state index contributed by atoms with van der Waals surface area (Å²) < 4.78 is 1.68. The fourth-order valence-electron chi connectivity index (χ4n) is 1.75. The first-order valence-corrected chi connectivity index (χ1v) is 5.85. The molecule has 0 aliphatic carbocycles. The topological polar surface area (TPSA) is 69.6 Å². The molecule has 3 rings (SSSR count). The summed E-state index contributed by atoms with van der Waals surface area (Å²) >= 11 is 11.8. The number of hydrogen-bond donors (Lipinski definition) is 1. The summed E-state index contributed by atoms with van der Waals surface area (Å²) in [5, 5.41) is 0.246. The van der Waals surface area contributed by atoms with Crippen molar-refractivity contribution in [1.29, 1.82) is 0 Å². The number of fused-ring (bicyclic) bond motifs is 1. The molecule has 90 valence electrons. The third-order valence-electron chi connectivity index (χ3n) is 2.48. The number of benzene rings is 1. The zero-order valence-corrected chi connectivity index (χ0v) is 10.5. The Morgan fingerprint density at radius 1 is 1.00 bits per heavy atom. The Balaban J connectivity index is 2.39. The molecule has 0 unspecified atom stereocenters. The molecule has 0 amide bonds. The molecule has 2 heterocycles. The molecule has 0 aliphatic heterocycles. The zero-order valence-electron chi connectivity index (χ0n) is 9.01. The lowest BCUT2D eigenvalue weighted by Crippen LogP contribution is -2.01. The summed E-state index contributed by atoms with van der Waals surface area (Å²) in [6.07, 6.45) is 0. The van der Waals surface area contributed by atoms with Gasteiger partial charge in [0, 0.05) is 0 Å². The zero-order chi connectivity index (χ0) is 12.7. The van der Waals surface area contributed by atoms with E-state index in [4.69, 9.17) is 28.9 Å². The summed E-state index contributed by atoms with van der Waals surface area (Å²) in [5.74, 6) is 0.287. The van der Waals surface area contributed by atoms with Crippen molar-refractivity contribution in [2.75, 3.05) is 5.73 Å². The van der Waals surface area contributed by atoms with Crippen LogP contribution in [-0.2, 0) is 0 Å². The van der Waals surface area contributed by atoms with Crippen molar-refractivity contribution >= 4 is 40.3 Å². The van der Waals surface area contributed by atoms with Crippen LogP contribution in [0, 0.1) is 0 Å². The third kappa shape index (κ3) is 1.68. The summed E-state index contributed by atoms with van der Waals surface area (Å²) in [6.45, 7) is 0. The highest BCUT2D eigenvalue weighted by atomic mass is 35.5. The van der Waals surface area contributed by atoms with Crippen molar-refractivity contribution in [2.24, 2.45) is 0 Å². The lowest BCUT2D eigenvalue weighted by Gasteiger charge is -2.05. The molecule has 5 nitrogen and oxygen atoms in total. The van der Waals surface area contributed by atoms with Crippen LogP contribution in [0.25, 0.3) is 16.9 Å². The number of nitrogens with zero attached hydrogens (tertiary/aromatic N) is 4. The highest BCUT2D eigenvalue weighted by molar-refractivity contribution is 6.35. The maximum atomic E-state index is 5.97. The van der Waals surface area contributed by atoms with Gasteiger partial charge in [0.1, 0.15) is 5.52 Å². The molecule has 0 fully saturated rings. The molecule has 18 heavy (non-hydrogen) atoms. The minimum atomic E-state index is 0.0598. The van der Waals surface area contributed by atoms with Crippen LogP contribution in [0.15, 0.2) is 30.3 Å². The number of rotatable bonds is 1. The van der Waals surface area contributed by atoms with Crippen LogP contribution >= 0.6 is 23.2 Å². The Morgan fingerprint density at radius 3 is 2.44 bits per heavy atom. The van der Waals surface area contributed by atoms with E-state index >= 15 is 0 Å². The number of imidazole rings is 1. The summed E-state index contributed by atoms with van der Waals surface area (Å²) in [5.41, 5.74) is 7.65. The Kier molecular flexibility index (Phi) is 2.57. The van der Waals surface area contributed by atoms with E-state index in [1.165, 1.54) is 0 Å². The molecular weight excluding hydrogens is 273 g/mol. The van der Waals surface area contributed by atoms with Crippen molar-refractivity contribution in [3.63, 3.8) is 0 Å². The van der Waals surface area contributed by atoms with Crippen LogP contribution in [-0.4, -0.2) is 19.5 Å². The molecule has 0 aliphatic rings. The van der Waals surface area contributed by atoms with E-state index in [-0.39, 0.29) is 16.4 Å². The van der Waals surface area contributed by atoms with Crippen LogP contribution in [0.1, 0.15) is 0 Å². The van der Waals surface area contributed by atoms with Crippen molar-refractivity contribution in [3.8, 4) is 5.69 Å². The first-order valence-electron chi connectivity index (χ1n) is 5.09. The molecule has 2 aromatic heterocycles. The van der Waals surface area contributed by atoms with E-state index in [1.807, 2.05) is 30.3 Å². The summed E-state index contributed by atoms with van der Waals surface area (Å²) in [6, 6.07) is 9.48. The summed E-state index contributed by atoms with van der Waals surface area (Å²) in [4.78, 5) is 12.1. The highest BCUT2D eigenvalue weighted by Gasteiger charge is 2.15. The van der Waals surface area contributed by atoms with Gasteiger partial charge in [0.05, 0.1) is 5.69 Å².